The normalized spacial score (nSPS) is 12.4. The van der Waals surface area contributed by atoms with E-state index in [0.717, 1.165) is 50.8 Å². The molecule has 1 aromatic heterocycles. The summed E-state index contributed by atoms with van der Waals surface area (Å²) in [6.07, 6.45) is 0. The lowest BCUT2D eigenvalue weighted by Crippen LogP contribution is -2.28. The number of aromatic nitrogens is 1. The van der Waals surface area contributed by atoms with Crippen molar-refractivity contribution in [2.75, 3.05) is 9.80 Å². The maximum Gasteiger partial charge on any atom is 0.0714 e. The summed E-state index contributed by atoms with van der Waals surface area (Å²) in [7, 11) is 0. The maximum atomic E-state index is 2.47. The quantitative estimate of drug-likeness (QED) is 0.136. The summed E-state index contributed by atoms with van der Waals surface area (Å²) in [6, 6.07) is 104. The van der Waals surface area contributed by atoms with Crippen LogP contribution >= 0.6 is 0 Å². The number of hydrogen-bond acceptors (Lipinski definition) is 2. The highest BCUT2D eigenvalue weighted by molar-refractivity contribution is 6.18. The monoisotopic (exact) mass is 893 g/mol. The molecule has 0 amide bonds. The zero-order chi connectivity index (χ0) is 46.4. The number of rotatable bonds is 10. The van der Waals surface area contributed by atoms with Crippen LogP contribution in [0.3, 0.4) is 0 Å². The average molecular weight is 894 g/mol. The van der Waals surface area contributed by atoms with E-state index in [2.05, 4.69) is 299 Å². The molecule has 1 aliphatic rings. The van der Waals surface area contributed by atoms with Gasteiger partial charge < -0.3 is 14.4 Å². The predicted molar refractivity (Wildman–Crippen MR) is 293 cm³/mol. The fourth-order valence-electron chi connectivity index (χ4n) is 11.3. The third kappa shape index (κ3) is 6.66. The molecule has 3 heteroatoms. The molecule has 0 unspecified atom stereocenters. The lowest BCUT2D eigenvalue weighted by molar-refractivity contribution is 0.768. The van der Waals surface area contributed by atoms with Crippen LogP contribution in [0.1, 0.15) is 22.3 Å². The van der Waals surface area contributed by atoms with Crippen LogP contribution in [0.4, 0.5) is 34.1 Å². The van der Waals surface area contributed by atoms with Gasteiger partial charge in [0.1, 0.15) is 0 Å². The van der Waals surface area contributed by atoms with E-state index in [-0.39, 0.29) is 0 Å². The highest BCUT2D eigenvalue weighted by Crippen LogP contribution is 2.58. The summed E-state index contributed by atoms with van der Waals surface area (Å²) in [4.78, 5) is 4.89. The van der Waals surface area contributed by atoms with Gasteiger partial charge in [-0.3, -0.25) is 0 Å². The van der Waals surface area contributed by atoms with Crippen LogP contribution in [0.25, 0.3) is 49.7 Å². The second kappa shape index (κ2) is 17.2. The van der Waals surface area contributed by atoms with Gasteiger partial charge in [0.15, 0.2) is 0 Å². The smallest absolute Gasteiger partial charge is 0.0714 e. The van der Waals surface area contributed by atoms with E-state index in [0.29, 0.717) is 0 Å². The Labute approximate surface area is 409 Å². The second-order valence-electron chi connectivity index (χ2n) is 18.1. The Bertz CT molecular complexity index is 3730. The minimum atomic E-state index is -0.560. The molecule has 0 aliphatic heterocycles. The van der Waals surface area contributed by atoms with E-state index in [1.165, 1.54) is 55.3 Å². The van der Waals surface area contributed by atoms with Gasteiger partial charge in [-0.1, -0.05) is 206 Å². The Balaban J connectivity index is 1.13. The molecule has 11 aromatic carbocycles. The predicted octanol–water partition coefficient (Wildman–Crippen LogP) is 17.8. The molecule has 0 saturated heterocycles. The molecular weight excluding hydrogens is 847 g/mol. The molecule has 0 N–H and O–H groups in total. The van der Waals surface area contributed by atoms with Crippen molar-refractivity contribution in [3.63, 3.8) is 0 Å². The second-order valence-corrected chi connectivity index (χ2v) is 18.1. The third-order valence-corrected chi connectivity index (χ3v) is 14.2. The fourth-order valence-corrected chi connectivity index (χ4v) is 11.3. The lowest BCUT2D eigenvalue weighted by Gasteiger charge is -2.35. The lowest BCUT2D eigenvalue weighted by atomic mass is 9.67. The Hall–Kier alpha value is -9.18. The summed E-state index contributed by atoms with van der Waals surface area (Å²) in [5.74, 6) is 0. The van der Waals surface area contributed by atoms with Crippen LogP contribution in [0, 0.1) is 0 Å². The highest BCUT2D eigenvalue weighted by Gasteiger charge is 2.46. The van der Waals surface area contributed by atoms with Crippen LogP contribution in [0.2, 0.25) is 0 Å². The Morgan fingerprint density at radius 1 is 0.300 bits per heavy atom. The van der Waals surface area contributed by atoms with E-state index in [1.54, 1.807) is 0 Å². The van der Waals surface area contributed by atoms with E-state index in [9.17, 15) is 0 Å². The van der Waals surface area contributed by atoms with Crippen LogP contribution in [0.15, 0.2) is 285 Å². The number of nitrogens with zero attached hydrogens (tertiary/aromatic N) is 3. The van der Waals surface area contributed by atoms with Crippen LogP contribution in [-0.2, 0) is 5.41 Å². The molecule has 330 valence electrons. The third-order valence-electron chi connectivity index (χ3n) is 14.2. The zero-order valence-corrected chi connectivity index (χ0v) is 38.5. The molecule has 0 atom stereocenters. The van der Waals surface area contributed by atoms with Crippen molar-refractivity contribution >= 4 is 55.9 Å². The molecule has 12 aromatic rings. The van der Waals surface area contributed by atoms with Gasteiger partial charge in [0.2, 0.25) is 0 Å². The van der Waals surface area contributed by atoms with Crippen molar-refractivity contribution in [1.82, 2.24) is 4.57 Å². The molecule has 0 radical (unpaired) electrons. The fraction of sp³-hybridized carbons (Fsp3) is 0.0149. The standard InChI is InChI=1S/C67H47N3/c1-7-24-48(25-8-1)49-26-23-37-55(44-49)70-63-41-22-20-39-60(63)66-64(69(53-33-15-5-16-34-53)54-35-17-6-18-36-54)46-57(47-65(66)70)68(52-31-13-4-14-32-52)56-42-43-59-58-38-19-21-40-61(58)67(62(59)45-56,50-27-9-2-10-28-50)51-29-11-3-12-30-51/h1-47H. The summed E-state index contributed by atoms with van der Waals surface area (Å²) < 4.78 is 2.47. The van der Waals surface area contributed by atoms with E-state index in [4.69, 9.17) is 0 Å². The number of benzene rings is 11. The summed E-state index contributed by atoms with van der Waals surface area (Å²) >= 11 is 0. The first-order valence-corrected chi connectivity index (χ1v) is 24.1. The summed E-state index contributed by atoms with van der Waals surface area (Å²) in [6.45, 7) is 0. The number of fused-ring (bicyclic) bond motifs is 6. The number of anilines is 6. The minimum Gasteiger partial charge on any atom is -0.310 e. The van der Waals surface area contributed by atoms with Gasteiger partial charge in [-0.25, -0.2) is 0 Å². The molecule has 1 heterocycles. The molecule has 13 rings (SSSR count). The largest absolute Gasteiger partial charge is 0.310 e. The van der Waals surface area contributed by atoms with Crippen LogP contribution in [-0.4, -0.2) is 4.57 Å². The van der Waals surface area contributed by atoms with Gasteiger partial charge in [0, 0.05) is 39.2 Å². The molecule has 0 bridgehead atoms. The number of para-hydroxylation sites is 4. The SMILES string of the molecule is c1ccc(-c2cccc(-n3c4ccccc4c4c(N(c5ccccc5)c5ccccc5)cc(N(c5ccccc5)c5ccc6c(c5)C(c5ccccc5)(c5ccccc5)c5ccccc5-6)cc43)c2)cc1. The average Bonchev–Trinajstić information content (AvgIpc) is 3.93. The van der Waals surface area contributed by atoms with Crippen molar-refractivity contribution in [3.05, 3.63) is 307 Å². The van der Waals surface area contributed by atoms with E-state index < -0.39 is 5.41 Å². The molecular formula is C67H47N3. The Morgan fingerprint density at radius 2 is 0.814 bits per heavy atom. The van der Waals surface area contributed by atoms with Crippen LogP contribution < -0.4 is 9.80 Å². The summed E-state index contributed by atoms with van der Waals surface area (Å²) in [5, 5.41) is 2.35. The van der Waals surface area contributed by atoms with Gasteiger partial charge in [-0.05, 0) is 123 Å². The molecule has 3 nitrogen and oxygen atoms in total. The first-order chi connectivity index (χ1) is 34.8. The molecule has 70 heavy (non-hydrogen) atoms. The molecule has 1 aliphatic carbocycles. The van der Waals surface area contributed by atoms with Crippen molar-refractivity contribution in [2.45, 2.75) is 5.41 Å². The van der Waals surface area contributed by atoms with Crippen molar-refractivity contribution in [3.8, 4) is 27.9 Å². The minimum absolute atomic E-state index is 0.560. The van der Waals surface area contributed by atoms with Gasteiger partial charge in [0.25, 0.3) is 0 Å². The first kappa shape index (κ1) is 41.0. The Morgan fingerprint density at radius 3 is 1.46 bits per heavy atom. The van der Waals surface area contributed by atoms with Crippen molar-refractivity contribution < 1.29 is 0 Å². The van der Waals surface area contributed by atoms with Gasteiger partial charge >= 0.3 is 0 Å². The molecule has 0 saturated carbocycles. The van der Waals surface area contributed by atoms with E-state index in [1.807, 2.05) is 0 Å². The zero-order valence-electron chi connectivity index (χ0n) is 38.5. The topological polar surface area (TPSA) is 11.4 Å². The van der Waals surface area contributed by atoms with Gasteiger partial charge in [-0.15, -0.1) is 0 Å². The van der Waals surface area contributed by atoms with Gasteiger partial charge in [-0.2, -0.15) is 0 Å². The maximum absolute atomic E-state index is 2.47. The highest BCUT2D eigenvalue weighted by atomic mass is 15.2. The molecule has 0 fully saturated rings. The van der Waals surface area contributed by atoms with Crippen molar-refractivity contribution in [1.29, 1.82) is 0 Å². The van der Waals surface area contributed by atoms with Gasteiger partial charge in [0.05, 0.1) is 27.8 Å². The van der Waals surface area contributed by atoms with E-state index >= 15 is 0 Å². The molecule has 0 spiro atoms. The summed E-state index contributed by atoms with van der Waals surface area (Å²) in [5.41, 5.74) is 19.1. The number of hydrogen-bond donors (Lipinski definition) is 0. The van der Waals surface area contributed by atoms with Crippen LogP contribution in [0.5, 0.6) is 0 Å². The first-order valence-electron chi connectivity index (χ1n) is 24.1. The Kier molecular flexibility index (Phi) is 10.1. The van der Waals surface area contributed by atoms with Crippen molar-refractivity contribution in [2.24, 2.45) is 0 Å².